The van der Waals surface area contributed by atoms with Crippen LogP contribution in [0.5, 0.6) is 0 Å². The van der Waals surface area contributed by atoms with E-state index in [1.165, 1.54) is 19.2 Å². The molecule has 0 bridgehead atoms. The summed E-state index contributed by atoms with van der Waals surface area (Å²) in [5.74, 6) is -3.66. The molecule has 0 aliphatic carbocycles. The summed E-state index contributed by atoms with van der Waals surface area (Å²) in [7, 11) is 1.85. The van der Waals surface area contributed by atoms with Gasteiger partial charge in [-0.25, -0.2) is 13.2 Å². The number of hydrogen-bond acceptors (Lipinski definition) is 2. The summed E-state index contributed by atoms with van der Waals surface area (Å²) in [4.78, 5) is 0. The smallest absolute Gasteiger partial charge is 0.194 e. The Morgan fingerprint density at radius 2 is 1.63 bits per heavy atom. The van der Waals surface area contributed by atoms with Gasteiger partial charge in [-0.05, 0) is 53.9 Å². The van der Waals surface area contributed by atoms with Crippen LogP contribution >= 0.6 is 11.6 Å². The van der Waals surface area contributed by atoms with Gasteiger partial charge in [0.1, 0.15) is 0 Å². The maximum absolute atomic E-state index is 12.4. The van der Waals surface area contributed by atoms with Crippen molar-refractivity contribution in [2.45, 2.75) is 6.92 Å². The summed E-state index contributed by atoms with van der Waals surface area (Å²) in [5, 5.41) is 11.2. The molecule has 3 aromatic rings. The van der Waals surface area contributed by atoms with E-state index < -0.39 is 17.5 Å². The highest BCUT2D eigenvalue weighted by atomic mass is 35.5. The van der Waals surface area contributed by atoms with E-state index in [-0.39, 0.29) is 5.56 Å². The van der Waals surface area contributed by atoms with E-state index in [4.69, 9.17) is 17.0 Å². The van der Waals surface area contributed by atoms with E-state index in [9.17, 15) is 13.2 Å². The first-order valence-corrected chi connectivity index (χ1v) is 8.43. The summed E-state index contributed by atoms with van der Waals surface area (Å²) in [6, 6.07) is 15.8. The van der Waals surface area contributed by atoms with Gasteiger partial charge in [0.15, 0.2) is 17.5 Å². The predicted molar refractivity (Wildman–Crippen MR) is 105 cm³/mol. The molecule has 0 unspecified atom stereocenters. The molecule has 0 atom stereocenters. The van der Waals surface area contributed by atoms with Crippen molar-refractivity contribution >= 4 is 23.5 Å². The molecular weight excluding hydrogens is 373 g/mol. The minimum Gasteiger partial charge on any atom is -0.388 e. The van der Waals surface area contributed by atoms with Gasteiger partial charge >= 0.3 is 0 Å². The summed E-state index contributed by atoms with van der Waals surface area (Å²) in [5.41, 5.74) is 4.04. The van der Waals surface area contributed by atoms with Gasteiger partial charge in [0.25, 0.3) is 0 Å². The Hall–Kier alpha value is -2.79. The van der Waals surface area contributed by atoms with E-state index in [1.807, 2.05) is 49.5 Å². The molecule has 140 valence electrons. The summed E-state index contributed by atoms with van der Waals surface area (Å²) < 4.78 is 36.8. The maximum Gasteiger partial charge on any atom is 0.194 e. The fourth-order valence-electron chi connectivity index (χ4n) is 2.38. The van der Waals surface area contributed by atoms with E-state index in [0.29, 0.717) is 0 Å². The van der Waals surface area contributed by atoms with Crippen molar-refractivity contribution in [2.24, 2.45) is 0 Å². The second-order valence-corrected chi connectivity index (χ2v) is 6.14. The standard InChI is InChI=1S/C14H13ClN2.C7H5F3/c1-17-14-6-5-11(7-12(14)9-16)10-3-2-4-13(15)8-10;1-4-2-3-5(8)7(10)6(4)9/h2-9,16-17H,1H3;2-3H,1H3. The zero-order valence-electron chi connectivity index (χ0n) is 14.8. The average Bonchev–Trinajstić information content (AvgIpc) is 2.69. The molecule has 0 aliphatic rings. The Balaban J connectivity index is 0.000000223. The molecule has 0 aromatic heterocycles. The molecule has 2 N–H and O–H groups in total. The zero-order valence-corrected chi connectivity index (χ0v) is 15.5. The van der Waals surface area contributed by atoms with E-state index in [0.717, 1.165) is 33.5 Å². The monoisotopic (exact) mass is 390 g/mol. The molecule has 0 spiro atoms. The van der Waals surface area contributed by atoms with E-state index >= 15 is 0 Å². The van der Waals surface area contributed by atoms with Gasteiger partial charge < -0.3 is 10.7 Å². The molecule has 2 nitrogen and oxygen atoms in total. The van der Waals surface area contributed by atoms with Gasteiger partial charge in [0.2, 0.25) is 0 Å². The Kier molecular flexibility index (Phi) is 7.02. The average molecular weight is 391 g/mol. The molecule has 0 saturated heterocycles. The van der Waals surface area contributed by atoms with Gasteiger partial charge in [-0.1, -0.05) is 35.9 Å². The minimum atomic E-state index is -1.40. The van der Waals surface area contributed by atoms with Crippen LogP contribution in [-0.4, -0.2) is 13.3 Å². The molecule has 0 amide bonds. The number of hydrogen-bond donors (Lipinski definition) is 2. The Bertz CT molecular complexity index is 931. The molecule has 27 heavy (non-hydrogen) atoms. The Morgan fingerprint density at radius 3 is 2.22 bits per heavy atom. The molecule has 0 fully saturated rings. The third-order valence-corrected chi connectivity index (χ3v) is 4.10. The van der Waals surface area contributed by atoms with E-state index in [2.05, 4.69) is 5.32 Å². The van der Waals surface area contributed by atoms with Crippen LogP contribution in [-0.2, 0) is 0 Å². The van der Waals surface area contributed by atoms with Crippen molar-refractivity contribution in [2.75, 3.05) is 12.4 Å². The maximum atomic E-state index is 12.4. The molecule has 0 aliphatic heterocycles. The van der Waals surface area contributed by atoms with Crippen LogP contribution in [0.1, 0.15) is 11.1 Å². The molecular formula is C21H18ClF3N2. The van der Waals surface area contributed by atoms with Gasteiger partial charge in [0, 0.05) is 29.5 Å². The molecule has 3 rings (SSSR count). The Morgan fingerprint density at radius 1 is 0.926 bits per heavy atom. The van der Waals surface area contributed by atoms with Crippen molar-refractivity contribution < 1.29 is 13.2 Å². The predicted octanol–water partition coefficient (Wildman–Crippen LogP) is 6.46. The van der Waals surface area contributed by atoms with Crippen LogP contribution in [0.3, 0.4) is 0 Å². The van der Waals surface area contributed by atoms with Crippen LogP contribution in [0.2, 0.25) is 5.02 Å². The van der Waals surface area contributed by atoms with Crippen molar-refractivity contribution in [3.05, 3.63) is 88.2 Å². The molecule has 0 saturated carbocycles. The van der Waals surface area contributed by atoms with Gasteiger partial charge in [-0.3, -0.25) is 0 Å². The summed E-state index contributed by atoms with van der Waals surface area (Å²) in [6.07, 6.45) is 1.35. The number of halogens is 4. The summed E-state index contributed by atoms with van der Waals surface area (Å²) >= 11 is 5.97. The number of anilines is 1. The first-order valence-electron chi connectivity index (χ1n) is 8.05. The fourth-order valence-corrected chi connectivity index (χ4v) is 2.57. The van der Waals surface area contributed by atoms with Crippen LogP contribution in [0.25, 0.3) is 11.1 Å². The number of rotatable bonds is 3. The van der Waals surface area contributed by atoms with Crippen LogP contribution in [0, 0.1) is 29.8 Å². The van der Waals surface area contributed by atoms with Gasteiger partial charge in [-0.2, -0.15) is 0 Å². The molecule has 0 radical (unpaired) electrons. The molecule has 3 aromatic carbocycles. The fraction of sp³-hybridized carbons (Fsp3) is 0.0952. The first-order chi connectivity index (χ1) is 12.9. The third-order valence-electron chi connectivity index (χ3n) is 3.86. The lowest BCUT2D eigenvalue weighted by Crippen LogP contribution is -1.94. The number of benzene rings is 3. The van der Waals surface area contributed by atoms with Crippen LogP contribution in [0.4, 0.5) is 18.9 Å². The highest BCUT2D eigenvalue weighted by Gasteiger charge is 2.09. The molecule has 0 heterocycles. The third kappa shape index (κ3) is 5.11. The second kappa shape index (κ2) is 9.24. The lowest BCUT2D eigenvalue weighted by atomic mass is 10.0. The number of aryl methyl sites for hydroxylation is 1. The Labute approximate surface area is 161 Å². The van der Waals surface area contributed by atoms with Crippen LogP contribution < -0.4 is 5.32 Å². The summed E-state index contributed by atoms with van der Waals surface area (Å²) in [6.45, 7) is 1.37. The lowest BCUT2D eigenvalue weighted by Gasteiger charge is -2.08. The topological polar surface area (TPSA) is 35.9 Å². The second-order valence-electron chi connectivity index (χ2n) is 5.70. The SMILES string of the molecule is CNc1ccc(-c2cccc(Cl)c2)cc1C=N.Cc1ccc(F)c(F)c1F. The number of nitrogens with one attached hydrogen (secondary N) is 2. The zero-order chi connectivity index (χ0) is 20.0. The first kappa shape index (κ1) is 20.5. The highest BCUT2D eigenvalue weighted by molar-refractivity contribution is 6.30. The minimum absolute atomic E-state index is 0.110. The van der Waals surface area contributed by atoms with E-state index in [1.54, 1.807) is 0 Å². The highest BCUT2D eigenvalue weighted by Crippen LogP contribution is 2.26. The normalized spacial score (nSPS) is 10.0. The lowest BCUT2D eigenvalue weighted by molar-refractivity contribution is 0.443. The van der Waals surface area contributed by atoms with Crippen molar-refractivity contribution in [3.63, 3.8) is 0 Å². The van der Waals surface area contributed by atoms with Crippen molar-refractivity contribution in [1.29, 1.82) is 5.41 Å². The van der Waals surface area contributed by atoms with Gasteiger partial charge in [0.05, 0.1) is 0 Å². The van der Waals surface area contributed by atoms with Crippen molar-refractivity contribution in [3.8, 4) is 11.1 Å². The largest absolute Gasteiger partial charge is 0.388 e. The van der Waals surface area contributed by atoms with Gasteiger partial charge in [-0.15, -0.1) is 0 Å². The molecule has 6 heteroatoms. The quantitative estimate of drug-likeness (QED) is 0.390. The van der Waals surface area contributed by atoms with Crippen LogP contribution in [0.15, 0.2) is 54.6 Å². The van der Waals surface area contributed by atoms with Crippen molar-refractivity contribution in [1.82, 2.24) is 0 Å².